The summed E-state index contributed by atoms with van der Waals surface area (Å²) in [5.41, 5.74) is 6.23. The molecule has 0 saturated heterocycles. The number of nitrogens with zero attached hydrogens (tertiary/aromatic N) is 1. The zero-order chi connectivity index (χ0) is 13.1. The van der Waals surface area contributed by atoms with E-state index >= 15 is 0 Å². The van der Waals surface area contributed by atoms with Crippen LogP contribution in [0.2, 0.25) is 15.1 Å². The average molecular weight is 304 g/mol. The fraction of sp³-hybridized carbons (Fsp3) is 0.0833. The number of rotatable bonds is 3. The van der Waals surface area contributed by atoms with Gasteiger partial charge in [-0.2, -0.15) is 0 Å². The molecule has 1 aromatic carbocycles. The molecule has 3 nitrogen and oxygen atoms in total. The molecule has 0 aliphatic rings. The molecule has 2 rings (SSSR count). The number of benzene rings is 1. The van der Waals surface area contributed by atoms with E-state index < -0.39 is 0 Å². The smallest absolute Gasteiger partial charge is 0.147 e. The lowest BCUT2D eigenvalue weighted by Crippen LogP contribution is -1.99. The van der Waals surface area contributed by atoms with Crippen molar-refractivity contribution in [3.05, 3.63) is 51.2 Å². The van der Waals surface area contributed by atoms with E-state index in [9.17, 15) is 0 Å². The third-order valence-corrected chi connectivity index (χ3v) is 3.22. The number of ether oxygens (including phenoxy) is 1. The Morgan fingerprint density at radius 3 is 2.50 bits per heavy atom. The molecular formula is C12H9Cl3N2O. The van der Waals surface area contributed by atoms with Crippen molar-refractivity contribution in [3.8, 4) is 11.5 Å². The van der Waals surface area contributed by atoms with Crippen molar-refractivity contribution in [3.63, 3.8) is 0 Å². The second-order valence-electron chi connectivity index (χ2n) is 3.49. The molecule has 1 heterocycles. The molecule has 0 bridgehead atoms. The lowest BCUT2D eigenvalue weighted by molar-refractivity contribution is 0.481. The van der Waals surface area contributed by atoms with Crippen molar-refractivity contribution in [2.45, 2.75) is 6.54 Å². The summed E-state index contributed by atoms with van der Waals surface area (Å²) in [5, 5.41) is 1.14. The Morgan fingerprint density at radius 2 is 1.78 bits per heavy atom. The molecule has 2 aromatic rings. The standard InChI is InChI=1S/C12H9Cl3N2O/c13-9-4-11(15)12(5-10(9)14)18-8-1-2-17-7(3-8)6-16/h1-5H,6,16H2. The third-order valence-electron chi connectivity index (χ3n) is 2.20. The number of hydrogen-bond donors (Lipinski definition) is 1. The van der Waals surface area contributed by atoms with Gasteiger partial charge in [0.25, 0.3) is 0 Å². The Hall–Kier alpha value is -1.00. The molecule has 6 heteroatoms. The van der Waals surface area contributed by atoms with Gasteiger partial charge in [-0.25, -0.2) is 0 Å². The van der Waals surface area contributed by atoms with E-state index in [0.29, 0.717) is 33.1 Å². The molecule has 0 fully saturated rings. The molecular weight excluding hydrogens is 295 g/mol. The van der Waals surface area contributed by atoms with Crippen LogP contribution >= 0.6 is 34.8 Å². The van der Waals surface area contributed by atoms with Crippen LogP contribution in [-0.2, 0) is 6.54 Å². The zero-order valence-corrected chi connectivity index (χ0v) is 11.4. The monoisotopic (exact) mass is 302 g/mol. The van der Waals surface area contributed by atoms with Gasteiger partial charge < -0.3 is 10.5 Å². The van der Waals surface area contributed by atoms with Gasteiger partial charge in [-0.3, -0.25) is 4.98 Å². The van der Waals surface area contributed by atoms with Crippen LogP contribution in [-0.4, -0.2) is 4.98 Å². The van der Waals surface area contributed by atoms with Crippen molar-refractivity contribution >= 4 is 34.8 Å². The van der Waals surface area contributed by atoms with Gasteiger partial charge in [0.2, 0.25) is 0 Å². The predicted molar refractivity (Wildman–Crippen MR) is 73.7 cm³/mol. The minimum Gasteiger partial charge on any atom is -0.456 e. The first-order valence-electron chi connectivity index (χ1n) is 5.07. The first-order chi connectivity index (χ1) is 8.60. The molecule has 18 heavy (non-hydrogen) atoms. The van der Waals surface area contributed by atoms with E-state index in [-0.39, 0.29) is 0 Å². The summed E-state index contributed by atoms with van der Waals surface area (Å²) in [4.78, 5) is 4.07. The Labute approximate surface area is 119 Å². The fourth-order valence-electron chi connectivity index (χ4n) is 1.34. The lowest BCUT2D eigenvalue weighted by Gasteiger charge is -2.09. The number of aromatic nitrogens is 1. The summed E-state index contributed by atoms with van der Waals surface area (Å²) >= 11 is 17.8. The van der Waals surface area contributed by atoms with Crippen LogP contribution in [0, 0.1) is 0 Å². The van der Waals surface area contributed by atoms with E-state index in [1.54, 1.807) is 24.4 Å². The highest BCUT2D eigenvalue weighted by Crippen LogP contribution is 2.36. The van der Waals surface area contributed by atoms with Crippen LogP contribution in [0.15, 0.2) is 30.5 Å². The summed E-state index contributed by atoms with van der Waals surface area (Å²) in [6.07, 6.45) is 1.61. The van der Waals surface area contributed by atoms with Gasteiger partial charge in [0.1, 0.15) is 11.5 Å². The van der Waals surface area contributed by atoms with Crippen molar-refractivity contribution in [1.82, 2.24) is 4.98 Å². The molecule has 0 aliphatic heterocycles. The molecule has 0 spiro atoms. The minimum atomic E-state index is 0.340. The van der Waals surface area contributed by atoms with Crippen LogP contribution in [0.5, 0.6) is 11.5 Å². The largest absolute Gasteiger partial charge is 0.456 e. The summed E-state index contributed by atoms with van der Waals surface area (Å²) < 4.78 is 5.62. The van der Waals surface area contributed by atoms with Crippen LogP contribution in [0.25, 0.3) is 0 Å². The van der Waals surface area contributed by atoms with E-state index in [1.807, 2.05) is 0 Å². The number of nitrogens with two attached hydrogens (primary N) is 1. The van der Waals surface area contributed by atoms with Gasteiger partial charge in [-0.1, -0.05) is 34.8 Å². The van der Waals surface area contributed by atoms with E-state index in [2.05, 4.69) is 4.98 Å². The maximum absolute atomic E-state index is 6.02. The second kappa shape index (κ2) is 5.76. The van der Waals surface area contributed by atoms with E-state index in [1.165, 1.54) is 6.07 Å². The maximum Gasteiger partial charge on any atom is 0.147 e. The van der Waals surface area contributed by atoms with Gasteiger partial charge in [-0.15, -0.1) is 0 Å². The van der Waals surface area contributed by atoms with Gasteiger partial charge in [0.05, 0.1) is 20.8 Å². The Morgan fingerprint density at radius 1 is 1.06 bits per heavy atom. The van der Waals surface area contributed by atoms with Crippen molar-refractivity contribution < 1.29 is 4.74 Å². The average Bonchev–Trinajstić information content (AvgIpc) is 2.36. The molecule has 0 radical (unpaired) electrons. The van der Waals surface area contributed by atoms with Crippen LogP contribution in [0.1, 0.15) is 5.69 Å². The normalized spacial score (nSPS) is 10.4. The van der Waals surface area contributed by atoms with Crippen LogP contribution in [0.4, 0.5) is 0 Å². The molecule has 0 unspecified atom stereocenters. The molecule has 0 saturated carbocycles. The van der Waals surface area contributed by atoms with Gasteiger partial charge in [-0.05, 0) is 12.1 Å². The number of hydrogen-bond acceptors (Lipinski definition) is 3. The SMILES string of the molecule is NCc1cc(Oc2cc(Cl)c(Cl)cc2Cl)ccn1. The second-order valence-corrected chi connectivity index (χ2v) is 4.71. The Balaban J connectivity index is 2.30. The molecule has 0 atom stereocenters. The van der Waals surface area contributed by atoms with Crippen molar-refractivity contribution in [2.75, 3.05) is 0 Å². The summed E-state index contributed by atoms with van der Waals surface area (Å²) in [7, 11) is 0. The number of halogens is 3. The maximum atomic E-state index is 6.02. The topological polar surface area (TPSA) is 48.1 Å². The van der Waals surface area contributed by atoms with Gasteiger partial charge >= 0.3 is 0 Å². The number of pyridine rings is 1. The van der Waals surface area contributed by atoms with E-state index in [4.69, 9.17) is 45.3 Å². The van der Waals surface area contributed by atoms with Crippen LogP contribution < -0.4 is 10.5 Å². The van der Waals surface area contributed by atoms with Gasteiger partial charge in [0, 0.05) is 24.9 Å². The highest BCUT2D eigenvalue weighted by atomic mass is 35.5. The van der Waals surface area contributed by atoms with Gasteiger partial charge in [0.15, 0.2) is 0 Å². The highest BCUT2D eigenvalue weighted by molar-refractivity contribution is 6.43. The molecule has 2 N–H and O–H groups in total. The molecule has 0 aliphatic carbocycles. The Kier molecular flexibility index (Phi) is 4.30. The zero-order valence-electron chi connectivity index (χ0n) is 9.16. The van der Waals surface area contributed by atoms with Crippen LogP contribution in [0.3, 0.4) is 0 Å². The summed E-state index contributed by atoms with van der Waals surface area (Å²) in [6, 6.07) is 6.54. The van der Waals surface area contributed by atoms with Crippen molar-refractivity contribution in [2.24, 2.45) is 5.73 Å². The summed E-state index contributed by atoms with van der Waals surface area (Å²) in [5.74, 6) is 1.02. The molecule has 1 aromatic heterocycles. The predicted octanol–water partition coefficient (Wildman–Crippen LogP) is 4.29. The first-order valence-corrected chi connectivity index (χ1v) is 6.21. The van der Waals surface area contributed by atoms with E-state index in [0.717, 1.165) is 5.69 Å². The molecule has 94 valence electrons. The third kappa shape index (κ3) is 3.06. The summed E-state index contributed by atoms with van der Waals surface area (Å²) in [6.45, 7) is 0.340. The quantitative estimate of drug-likeness (QED) is 0.860. The van der Waals surface area contributed by atoms with Crippen molar-refractivity contribution in [1.29, 1.82) is 0 Å². The highest BCUT2D eigenvalue weighted by Gasteiger charge is 2.08. The minimum absolute atomic E-state index is 0.340. The molecule has 0 amide bonds. The first kappa shape index (κ1) is 13.4. The Bertz CT molecular complexity index is 575. The lowest BCUT2D eigenvalue weighted by atomic mass is 10.3. The fourth-order valence-corrected chi connectivity index (χ4v) is 1.92.